The topological polar surface area (TPSA) is 0 Å². The monoisotopic (exact) mass is 198 g/mol. The van der Waals surface area contributed by atoms with Crippen molar-refractivity contribution in [3.05, 3.63) is 0 Å². The van der Waals surface area contributed by atoms with Crippen molar-refractivity contribution in [1.82, 2.24) is 0 Å². The molecule has 0 N–H and O–H groups in total. The molecule has 0 heteroatoms. The summed E-state index contributed by atoms with van der Waals surface area (Å²) in [4.78, 5) is 0. The van der Waals surface area contributed by atoms with E-state index in [4.69, 9.17) is 0 Å². The highest BCUT2D eigenvalue weighted by Gasteiger charge is 2.20. The Hall–Kier alpha value is 0. The molecule has 86 valence electrons. The molecular formula is C14H30. The van der Waals surface area contributed by atoms with Crippen LogP contribution in [0.2, 0.25) is 0 Å². The van der Waals surface area contributed by atoms with E-state index in [2.05, 4.69) is 41.5 Å². The first-order valence-corrected chi connectivity index (χ1v) is 6.37. The van der Waals surface area contributed by atoms with E-state index in [1.807, 2.05) is 0 Å². The molecule has 0 bridgehead atoms. The van der Waals surface area contributed by atoms with Gasteiger partial charge in [0.25, 0.3) is 0 Å². The van der Waals surface area contributed by atoms with Crippen molar-refractivity contribution >= 4 is 0 Å². The largest absolute Gasteiger partial charge is 0.0654 e. The van der Waals surface area contributed by atoms with Crippen LogP contribution in [0.5, 0.6) is 0 Å². The average Bonchev–Trinajstić information content (AvgIpc) is 2.00. The molecule has 0 aliphatic carbocycles. The Bertz CT molecular complexity index is 127. The summed E-state index contributed by atoms with van der Waals surface area (Å²) in [7, 11) is 0. The minimum absolute atomic E-state index is 0.501. The molecule has 0 nitrogen and oxygen atoms in total. The summed E-state index contributed by atoms with van der Waals surface area (Å²) < 4.78 is 0. The van der Waals surface area contributed by atoms with Gasteiger partial charge < -0.3 is 0 Å². The van der Waals surface area contributed by atoms with E-state index < -0.39 is 0 Å². The van der Waals surface area contributed by atoms with E-state index in [0.717, 1.165) is 11.8 Å². The summed E-state index contributed by atoms with van der Waals surface area (Å²) >= 11 is 0. The highest BCUT2D eigenvalue weighted by atomic mass is 14.3. The first-order valence-electron chi connectivity index (χ1n) is 6.37. The lowest BCUT2D eigenvalue weighted by atomic mass is 9.77. The van der Waals surface area contributed by atoms with Crippen molar-refractivity contribution in [3.8, 4) is 0 Å². The van der Waals surface area contributed by atoms with Gasteiger partial charge in [0, 0.05) is 0 Å². The summed E-state index contributed by atoms with van der Waals surface area (Å²) in [6, 6.07) is 0. The van der Waals surface area contributed by atoms with Crippen LogP contribution in [0, 0.1) is 17.3 Å². The van der Waals surface area contributed by atoms with Gasteiger partial charge in [-0.05, 0) is 23.7 Å². The number of rotatable bonds is 6. The maximum absolute atomic E-state index is 2.38. The second-order valence-corrected chi connectivity index (χ2v) is 6.26. The van der Waals surface area contributed by atoms with E-state index in [1.54, 1.807) is 0 Å². The molecule has 0 radical (unpaired) electrons. The van der Waals surface area contributed by atoms with Crippen molar-refractivity contribution in [2.45, 2.75) is 73.6 Å². The van der Waals surface area contributed by atoms with Gasteiger partial charge in [-0.3, -0.25) is 0 Å². The Morgan fingerprint density at radius 1 is 1.00 bits per heavy atom. The third-order valence-electron chi connectivity index (χ3n) is 3.00. The predicted molar refractivity (Wildman–Crippen MR) is 66.5 cm³/mol. The van der Waals surface area contributed by atoms with Gasteiger partial charge >= 0.3 is 0 Å². The van der Waals surface area contributed by atoms with Crippen LogP contribution in [0.25, 0.3) is 0 Å². The van der Waals surface area contributed by atoms with Crippen molar-refractivity contribution in [2.75, 3.05) is 0 Å². The van der Waals surface area contributed by atoms with Crippen LogP contribution in [-0.4, -0.2) is 0 Å². The Kier molecular flexibility index (Phi) is 6.48. The first kappa shape index (κ1) is 14.0. The SMILES string of the molecule is CCCCCC(CC(C)(C)C)C(C)C. The zero-order valence-electron chi connectivity index (χ0n) is 11.2. The molecule has 0 aromatic carbocycles. The van der Waals surface area contributed by atoms with Crippen molar-refractivity contribution in [3.63, 3.8) is 0 Å². The molecule has 0 amide bonds. The van der Waals surface area contributed by atoms with Gasteiger partial charge in [-0.1, -0.05) is 67.2 Å². The highest BCUT2D eigenvalue weighted by molar-refractivity contribution is 4.71. The van der Waals surface area contributed by atoms with Gasteiger partial charge in [-0.25, -0.2) is 0 Å². The molecule has 0 aliphatic heterocycles. The van der Waals surface area contributed by atoms with E-state index >= 15 is 0 Å². The van der Waals surface area contributed by atoms with Gasteiger partial charge in [0.1, 0.15) is 0 Å². The third kappa shape index (κ3) is 7.41. The molecule has 0 spiro atoms. The summed E-state index contributed by atoms with van der Waals surface area (Å²) in [5.74, 6) is 1.78. The van der Waals surface area contributed by atoms with E-state index in [-0.39, 0.29) is 0 Å². The van der Waals surface area contributed by atoms with Crippen LogP contribution in [0.15, 0.2) is 0 Å². The van der Waals surface area contributed by atoms with Crippen LogP contribution in [0.3, 0.4) is 0 Å². The molecule has 0 rings (SSSR count). The van der Waals surface area contributed by atoms with Gasteiger partial charge in [0.05, 0.1) is 0 Å². The van der Waals surface area contributed by atoms with Gasteiger partial charge in [0.15, 0.2) is 0 Å². The van der Waals surface area contributed by atoms with Crippen molar-refractivity contribution in [2.24, 2.45) is 17.3 Å². The summed E-state index contributed by atoms with van der Waals surface area (Å²) in [6.45, 7) is 14.1. The molecule has 14 heavy (non-hydrogen) atoms. The fourth-order valence-corrected chi connectivity index (χ4v) is 2.11. The minimum atomic E-state index is 0.501. The molecule has 1 atom stereocenters. The fourth-order valence-electron chi connectivity index (χ4n) is 2.11. The van der Waals surface area contributed by atoms with Gasteiger partial charge in [-0.2, -0.15) is 0 Å². The molecule has 0 aliphatic rings. The average molecular weight is 198 g/mol. The molecule has 0 fully saturated rings. The first-order chi connectivity index (χ1) is 6.37. The van der Waals surface area contributed by atoms with Crippen molar-refractivity contribution < 1.29 is 0 Å². The zero-order valence-corrected chi connectivity index (χ0v) is 11.2. The number of unbranched alkanes of at least 4 members (excludes halogenated alkanes) is 2. The number of hydrogen-bond acceptors (Lipinski definition) is 0. The maximum Gasteiger partial charge on any atom is -0.0380 e. The Labute approximate surface area is 91.5 Å². The second kappa shape index (κ2) is 6.48. The molecule has 1 unspecified atom stereocenters. The lowest BCUT2D eigenvalue weighted by Crippen LogP contribution is -2.17. The van der Waals surface area contributed by atoms with E-state index in [1.165, 1.54) is 32.1 Å². The Balaban J connectivity index is 3.91. The zero-order chi connectivity index (χ0) is 11.2. The van der Waals surface area contributed by atoms with Crippen LogP contribution in [-0.2, 0) is 0 Å². The highest BCUT2D eigenvalue weighted by Crippen LogP contribution is 2.32. The Morgan fingerprint density at radius 2 is 1.57 bits per heavy atom. The Morgan fingerprint density at radius 3 is 1.93 bits per heavy atom. The van der Waals surface area contributed by atoms with Crippen LogP contribution in [0.1, 0.15) is 73.6 Å². The molecule has 0 saturated carbocycles. The van der Waals surface area contributed by atoms with Gasteiger partial charge in [0.2, 0.25) is 0 Å². The smallest absolute Gasteiger partial charge is 0.0380 e. The molecule has 0 aromatic heterocycles. The van der Waals surface area contributed by atoms with E-state index in [0.29, 0.717) is 5.41 Å². The number of hydrogen-bond donors (Lipinski definition) is 0. The third-order valence-corrected chi connectivity index (χ3v) is 3.00. The summed E-state index contributed by atoms with van der Waals surface area (Å²) in [5, 5.41) is 0. The molecular weight excluding hydrogens is 168 g/mol. The molecule has 0 heterocycles. The molecule has 0 saturated heterocycles. The van der Waals surface area contributed by atoms with E-state index in [9.17, 15) is 0 Å². The van der Waals surface area contributed by atoms with Crippen molar-refractivity contribution in [1.29, 1.82) is 0 Å². The van der Waals surface area contributed by atoms with Crippen LogP contribution in [0.4, 0.5) is 0 Å². The summed E-state index contributed by atoms with van der Waals surface area (Å²) in [6.07, 6.45) is 7.00. The second-order valence-electron chi connectivity index (χ2n) is 6.26. The normalized spacial score (nSPS) is 14.8. The van der Waals surface area contributed by atoms with Gasteiger partial charge in [-0.15, -0.1) is 0 Å². The maximum atomic E-state index is 2.38. The van der Waals surface area contributed by atoms with Crippen LogP contribution >= 0.6 is 0 Å². The minimum Gasteiger partial charge on any atom is -0.0654 e. The van der Waals surface area contributed by atoms with Crippen LogP contribution < -0.4 is 0 Å². The standard InChI is InChI=1S/C14H30/c1-7-8-9-10-13(12(2)3)11-14(4,5)6/h12-13H,7-11H2,1-6H3. The predicted octanol–water partition coefficient (Wildman–Crippen LogP) is 5.28. The fraction of sp³-hybridized carbons (Fsp3) is 1.00. The lowest BCUT2D eigenvalue weighted by molar-refractivity contribution is 0.226. The lowest BCUT2D eigenvalue weighted by Gasteiger charge is -2.28. The quantitative estimate of drug-likeness (QED) is 0.510. The summed E-state index contributed by atoms with van der Waals surface area (Å²) in [5.41, 5.74) is 0.501. The molecule has 0 aromatic rings.